The maximum Gasteiger partial charge on any atom is 0.276 e. The van der Waals surface area contributed by atoms with Gasteiger partial charge in [0.2, 0.25) is 0 Å². The van der Waals surface area contributed by atoms with Crippen LogP contribution in [0.15, 0.2) is 34.9 Å². The highest BCUT2D eigenvalue weighted by Crippen LogP contribution is 2.22. The summed E-state index contributed by atoms with van der Waals surface area (Å²) in [6.07, 6.45) is 0. The van der Waals surface area contributed by atoms with Crippen LogP contribution in [0.2, 0.25) is 0 Å². The van der Waals surface area contributed by atoms with Crippen molar-refractivity contribution in [1.82, 2.24) is 10.1 Å². The van der Waals surface area contributed by atoms with Gasteiger partial charge in [-0.25, -0.2) is 4.39 Å². The van der Waals surface area contributed by atoms with E-state index in [4.69, 9.17) is 4.52 Å². The quantitative estimate of drug-likeness (QED) is 0.860. The van der Waals surface area contributed by atoms with Gasteiger partial charge < -0.3 is 9.42 Å². The van der Waals surface area contributed by atoms with Crippen molar-refractivity contribution >= 4 is 5.91 Å². The fraction of sp³-hybridized carbons (Fsp3) is 0.333. The topological polar surface area (TPSA) is 46.3 Å². The lowest BCUT2D eigenvalue weighted by molar-refractivity contribution is 0.0691. The number of aryl methyl sites for hydroxylation is 1. The minimum atomic E-state index is -0.289. The van der Waals surface area contributed by atoms with Crippen molar-refractivity contribution in [1.29, 1.82) is 0 Å². The molecule has 0 fully saturated rings. The highest BCUT2D eigenvalue weighted by atomic mass is 19.1. The van der Waals surface area contributed by atoms with Gasteiger partial charge in [-0.2, -0.15) is 0 Å². The molecule has 5 heteroatoms. The number of aromatic nitrogens is 1. The van der Waals surface area contributed by atoms with E-state index in [2.05, 4.69) is 5.16 Å². The van der Waals surface area contributed by atoms with Gasteiger partial charge >= 0.3 is 0 Å². The average molecular weight is 276 g/mol. The number of nitrogens with zero attached hydrogens (tertiary/aromatic N) is 2. The van der Waals surface area contributed by atoms with Crippen LogP contribution in [0.4, 0.5) is 4.39 Å². The van der Waals surface area contributed by atoms with Crippen LogP contribution >= 0.6 is 0 Å². The molecule has 0 aliphatic heterocycles. The molecule has 0 saturated carbocycles. The Morgan fingerprint density at radius 1 is 1.40 bits per heavy atom. The number of carbonyl (C=O) groups excluding carboxylic acids is 1. The molecule has 0 N–H and O–H groups in total. The SMILES string of the molecule is CCN(C(=O)c1cc(C)on1)[C@@H](C)c1ccc(F)cc1. The van der Waals surface area contributed by atoms with Crippen molar-refractivity contribution in [2.24, 2.45) is 0 Å². The Morgan fingerprint density at radius 2 is 2.05 bits per heavy atom. The van der Waals surface area contributed by atoms with Crippen molar-refractivity contribution in [3.05, 3.63) is 53.2 Å². The fourth-order valence-corrected chi connectivity index (χ4v) is 2.13. The predicted molar refractivity (Wildman–Crippen MR) is 72.8 cm³/mol. The number of benzene rings is 1. The summed E-state index contributed by atoms with van der Waals surface area (Å²) in [5.74, 6) is 0.113. The summed E-state index contributed by atoms with van der Waals surface area (Å²) < 4.78 is 17.9. The molecule has 0 aliphatic rings. The van der Waals surface area contributed by atoms with E-state index in [1.54, 1.807) is 30.0 Å². The largest absolute Gasteiger partial charge is 0.361 e. The number of amides is 1. The molecule has 106 valence electrons. The maximum absolute atomic E-state index is 13.0. The molecule has 1 atom stereocenters. The van der Waals surface area contributed by atoms with Crippen LogP contribution in [-0.4, -0.2) is 22.5 Å². The highest BCUT2D eigenvalue weighted by molar-refractivity contribution is 5.92. The highest BCUT2D eigenvalue weighted by Gasteiger charge is 2.23. The molecule has 2 rings (SSSR count). The van der Waals surface area contributed by atoms with Crippen LogP contribution < -0.4 is 0 Å². The van der Waals surface area contributed by atoms with Crippen LogP contribution in [0.1, 0.15) is 41.7 Å². The maximum atomic E-state index is 13.0. The molecule has 1 heterocycles. The molecule has 1 aromatic heterocycles. The Bertz CT molecular complexity index is 592. The lowest BCUT2D eigenvalue weighted by atomic mass is 10.1. The monoisotopic (exact) mass is 276 g/mol. The Labute approximate surface area is 117 Å². The average Bonchev–Trinajstić information content (AvgIpc) is 2.86. The van der Waals surface area contributed by atoms with Gasteiger partial charge in [0, 0.05) is 12.6 Å². The van der Waals surface area contributed by atoms with Crippen molar-refractivity contribution in [2.45, 2.75) is 26.8 Å². The van der Waals surface area contributed by atoms with E-state index in [0.717, 1.165) is 5.56 Å². The Hall–Kier alpha value is -2.17. The fourth-order valence-electron chi connectivity index (χ4n) is 2.13. The van der Waals surface area contributed by atoms with Crippen LogP contribution in [0.25, 0.3) is 0 Å². The molecule has 4 nitrogen and oxygen atoms in total. The van der Waals surface area contributed by atoms with Crippen LogP contribution in [0.5, 0.6) is 0 Å². The van der Waals surface area contributed by atoms with Crippen LogP contribution in [0, 0.1) is 12.7 Å². The first kappa shape index (κ1) is 14.2. The Balaban J connectivity index is 2.23. The molecule has 0 radical (unpaired) electrons. The van der Waals surface area contributed by atoms with E-state index in [0.29, 0.717) is 18.0 Å². The van der Waals surface area contributed by atoms with E-state index in [9.17, 15) is 9.18 Å². The number of rotatable bonds is 4. The molecule has 1 amide bonds. The molecule has 0 saturated heterocycles. The van der Waals surface area contributed by atoms with Gasteiger partial charge in [-0.3, -0.25) is 4.79 Å². The molecule has 1 aromatic carbocycles. The summed E-state index contributed by atoms with van der Waals surface area (Å²) in [6, 6.07) is 7.61. The zero-order valence-corrected chi connectivity index (χ0v) is 11.8. The third-order valence-electron chi connectivity index (χ3n) is 3.27. The number of hydrogen-bond acceptors (Lipinski definition) is 3. The zero-order valence-electron chi connectivity index (χ0n) is 11.8. The predicted octanol–water partition coefficient (Wildman–Crippen LogP) is 3.35. The second-order valence-electron chi connectivity index (χ2n) is 4.64. The molecular formula is C15H17FN2O2. The van der Waals surface area contributed by atoms with E-state index in [1.807, 2.05) is 13.8 Å². The normalized spacial score (nSPS) is 12.2. The number of carbonyl (C=O) groups is 1. The van der Waals surface area contributed by atoms with Crippen molar-refractivity contribution in [3.63, 3.8) is 0 Å². The summed E-state index contributed by atoms with van der Waals surface area (Å²) >= 11 is 0. The van der Waals surface area contributed by atoms with Gasteiger partial charge in [-0.05, 0) is 38.5 Å². The van der Waals surface area contributed by atoms with E-state index >= 15 is 0 Å². The molecular weight excluding hydrogens is 259 g/mol. The summed E-state index contributed by atoms with van der Waals surface area (Å²) in [5, 5.41) is 3.75. The summed E-state index contributed by atoms with van der Waals surface area (Å²) in [7, 11) is 0. The first-order chi connectivity index (χ1) is 9.52. The van der Waals surface area contributed by atoms with Gasteiger partial charge in [-0.1, -0.05) is 17.3 Å². The van der Waals surface area contributed by atoms with Crippen molar-refractivity contribution in [2.75, 3.05) is 6.54 Å². The smallest absolute Gasteiger partial charge is 0.276 e. The second kappa shape index (κ2) is 5.86. The second-order valence-corrected chi connectivity index (χ2v) is 4.64. The van der Waals surface area contributed by atoms with Crippen molar-refractivity contribution < 1.29 is 13.7 Å². The lowest BCUT2D eigenvalue weighted by Crippen LogP contribution is -2.33. The third-order valence-corrected chi connectivity index (χ3v) is 3.27. The summed E-state index contributed by atoms with van der Waals surface area (Å²) in [6.45, 7) is 6.07. The summed E-state index contributed by atoms with van der Waals surface area (Å²) in [4.78, 5) is 14.1. The standard InChI is InChI=1S/C15H17FN2O2/c1-4-18(15(19)14-9-10(2)20-17-14)11(3)12-5-7-13(16)8-6-12/h5-9,11H,4H2,1-3H3/t11-/m0/s1. The van der Waals surface area contributed by atoms with Crippen LogP contribution in [-0.2, 0) is 0 Å². The Kier molecular flexibility index (Phi) is 4.17. The van der Waals surface area contributed by atoms with E-state index in [-0.39, 0.29) is 17.8 Å². The van der Waals surface area contributed by atoms with E-state index < -0.39 is 0 Å². The summed E-state index contributed by atoms with van der Waals surface area (Å²) in [5.41, 5.74) is 1.17. The van der Waals surface area contributed by atoms with Crippen LogP contribution in [0.3, 0.4) is 0 Å². The minimum Gasteiger partial charge on any atom is -0.361 e. The van der Waals surface area contributed by atoms with E-state index in [1.165, 1.54) is 12.1 Å². The zero-order chi connectivity index (χ0) is 14.7. The van der Waals surface area contributed by atoms with Gasteiger partial charge in [-0.15, -0.1) is 0 Å². The lowest BCUT2D eigenvalue weighted by Gasteiger charge is -2.27. The molecule has 2 aromatic rings. The van der Waals surface area contributed by atoms with Gasteiger partial charge in [0.25, 0.3) is 5.91 Å². The van der Waals surface area contributed by atoms with Gasteiger partial charge in [0.15, 0.2) is 5.69 Å². The number of halogens is 1. The van der Waals surface area contributed by atoms with Gasteiger partial charge in [0.1, 0.15) is 11.6 Å². The van der Waals surface area contributed by atoms with Crippen molar-refractivity contribution in [3.8, 4) is 0 Å². The first-order valence-corrected chi connectivity index (χ1v) is 6.52. The van der Waals surface area contributed by atoms with Gasteiger partial charge in [0.05, 0.1) is 6.04 Å². The Morgan fingerprint density at radius 3 is 2.55 bits per heavy atom. The molecule has 0 spiro atoms. The molecule has 0 aliphatic carbocycles. The molecule has 0 unspecified atom stereocenters. The minimum absolute atomic E-state index is 0.162. The number of hydrogen-bond donors (Lipinski definition) is 0. The molecule has 20 heavy (non-hydrogen) atoms. The third kappa shape index (κ3) is 2.87. The first-order valence-electron chi connectivity index (χ1n) is 6.52. The molecule has 0 bridgehead atoms.